The van der Waals surface area contributed by atoms with E-state index in [1.165, 1.54) is 22.8 Å². The molecule has 8 nitrogen and oxygen atoms in total. The van der Waals surface area contributed by atoms with Crippen molar-refractivity contribution in [2.75, 3.05) is 11.4 Å². The highest BCUT2D eigenvalue weighted by molar-refractivity contribution is 7.14. The zero-order valence-corrected chi connectivity index (χ0v) is 17.4. The number of fused-ring (bicyclic) bond motifs is 1. The van der Waals surface area contributed by atoms with Crippen LogP contribution in [0.2, 0.25) is 0 Å². The maximum Gasteiger partial charge on any atom is 0.306 e. The van der Waals surface area contributed by atoms with Crippen molar-refractivity contribution < 1.29 is 14.3 Å². The Bertz CT molecular complexity index is 1110. The SMILES string of the molecule is CCN(C(C)=O)c1nc(COC(=O)CCc2nc3ccccc3c(=O)n2C)cs1. The number of benzene rings is 1. The average Bonchev–Trinajstić information content (AvgIpc) is 3.17. The second-order valence-electron chi connectivity index (χ2n) is 6.45. The third kappa shape index (κ3) is 4.68. The van der Waals surface area contributed by atoms with Crippen LogP contribution in [0.25, 0.3) is 10.9 Å². The lowest BCUT2D eigenvalue weighted by Gasteiger charge is -2.14. The van der Waals surface area contributed by atoms with Crippen LogP contribution >= 0.6 is 11.3 Å². The number of thiazole rings is 1. The van der Waals surface area contributed by atoms with E-state index in [1.54, 1.807) is 35.5 Å². The summed E-state index contributed by atoms with van der Waals surface area (Å²) in [7, 11) is 1.65. The van der Waals surface area contributed by atoms with Gasteiger partial charge < -0.3 is 4.74 Å². The summed E-state index contributed by atoms with van der Waals surface area (Å²) in [6.45, 7) is 3.92. The van der Waals surface area contributed by atoms with Gasteiger partial charge in [0.05, 0.1) is 23.0 Å². The van der Waals surface area contributed by atoms with Crippen LogP contribution in [0.3, 0.4) is 0 Å². The monoisotopic (exact) mass is 414 g/mol. The van der Waals surface area contributed by atoms with Crippen molar-refractivity contribution in [2.24, 2.45) is 7.05 Å². The van der Waals surface area contributed by atoms with Gasteiger partial charge in [-0.15, -0.1) is 11.3 Å². The zero-order chi connectivity index (χ0) is 21.0. The second kappa shape index (κ2) is 8.95. The van der Waals surface area contributed by atoms with Gasteiger partial charge in [0, 0.05) is 32.3 Å². The molecule has 2 heterocycles. The first-order valence-corrected chi connectivity index (χ1v) is 10.1. The summed E-state index contributed by atoms with van der Waals surface area (Å²) in [6.07, 6.45) is 0.399. The molecule has 3 aromatic rings. The lowest BCUT2D eigenvalue weighted by atomic mass is 10.2. The van der Waals surface area contributed by atoms with E-state index in [-0.39, 0.29) is 24.5 Å². The smallest absolute Gasteiger partial charge is 0.306 e. The van der Waals surface area contributed by atoms with Crippen molar-refractivity contribution in [3.63, 3.8) is 0 Å². The number of hydrogen-bond donors (Lipinski definition) is 0. The number of rotatable bonds is 7. The second-order valence-corrected chi connectivity index (χ2v) is 7.29. The fraction of sp³-hybridized carbons (Fsp3) is 0.350. The standard InChI is InChI=1S/C20H22N4O4S/c1-4-24(13(2)25)20-21-14(12-29-20)11-28-18(26)10-9-17-22-16-8-6-5-7-15(16)19(27)23(17)3/h5-8,12H,4,9-11H2,1-3H3. The molecule has 1 aromatic carbocycles. The molecule has 0 radical (unpaired) electrons. The molecular weight excluding hydrogens is 392 g/mol. The molecule has 0 N–H and O–H groups in total. The molecule has 0 aliphatic rings. The normalized spacial score (nSPS) is 10.9. The molecule has 0 spiro atoms. The molecule has 3 rings (SSSR count). The van der Waals surface area contributed by atoms with Crippen LogP contribution in [0.1, 0.15) is 31.8 Å². The highest BCUT2D eigenvalue weighted by Gasteiger charge is 2.15. The Morgan fingerprint density at radius 1 is 1.24 bits per heavy atom. The molecule has 0 aliphatic heterocycles. The summed E-state index contributed by atoms with van der Waals surface area (Å²) >= 11 is 1.33. The summed E-state index contributed by atoms with van der Waals surface area (Å²) < 4.78 is 6.74. The topological polar surface area (TPSA) is 94.4 Å². The van der Waals surface area contributed by atoms with Crippen molar-refractivity contribution in [3.8, 4) is 0 Å². The molecule has 0 fully saturated rings. The van der Waals surface area contributed by atoms with Gasteiger partial charge in [-0.05, 0) is 19.1 Å². The van der Waals surface area contributed by atoms with Crippen molar-refractivity contribution >= 4 is 39.2 Å². The minimum atomic E-state index is -0.402. The third-order valence-corrected chi connectivity index (χ3v) is 5.39. The number of carbonyl (C=O) groups excluding carboxylic acids is 2. The summed E-state index contributed by atoms with van der Waals surface area (Å²) in [5.41, 5.74) is 1.06. The Balaban J connectivity index is 1.59. The molecule has 0 unspecified atom stereocenters. The fourth-order valence-electron chi connectivity index (χ4n) is 2.91. The largest absolute Gasteiger partial charge is 0.459 e. The van der Waals surface area contributed by atoms with Crippen LogP contribution in [0, 0.1) is 0 Å². The Morgan fingerprint density at radius 2 is 2.00 bits per heavy atom. The molecule has 1 amide bonds. The highest BCUT2D eigenvalue weighted by atomic mass is 32.1. The van der Waals surface area contributed by atoms with Gasteiger partial charge >= 0.3 is 5.97 Å². The summed E-state index contributed by atoms with van der Waals surface area (Å²) in [6, 6.07) is 7.12. The number of esters is 1. The van der Waals surface area contributed by atoms with Crippen molar-refractivity contribution in [1.29, 1.82) is 0 Å². The minimum Gasteiger partial charge on any atom is -0.459 e. The number of aryl methyl sites for hydroxylation is 1. The maximum atomic E-state index is 12.4. The van der Waals surface area contributed by atoms with Gasteiger partial charge in [-0.1, -0.05) is 12.1 Å². The first kappa shape index (κ1) is 20.7. The van der Waals surface area contributed by atoms with Gasteiger partial charge in [-0.2, -0.15) is 0 Å². The Labute approximate surface area is 171 Å². The predicted octanol–water partition coefficient (Wildman–Crippen LogP) is 2.44. The number of ether oxygens (including phenoxy) is 1. The van der Waals surface area contributed by atoms with E-state index in [4.69, 9.17) is 4.74 Å². The van der Waals surface area contributed by atoms with E-state index < -0.39 is 5.97 Å². The molecule has 29 heavy (non-hydrogen) atoms. The van der Waals surface area contributed by atoms with Crippen molar-refractivity contribution in [1.82, 2.24) is 14.5 Å². The van der Waals surface area contributed by atoms with Gasteiger partial charge in [0.1, 0.15) is 12.4 Å². The van der Waals surface area contributed by atoms with Crippen LogP contribution < -0.4 is 10.5 Å². The van der Waals surface area contributed by atoms with Gasteiger partial charge in [-0.3, -0.25) is 23.9 Å². The molecule has 152 valence electrons. The first-order valence-electron chi connectivity index (χ1n) is 9.23. The Kier molecular flexibility index (Phi) is 6.38. The van der Waals surface area contributed by atoms with Crippen molar-refractivity contribution in [2.45, 2.75) is 33.3 Å². The number of nitrogens with zero attached hydrogens (tertiary/aromatic N) is 4. The number of amides is 1. The molecule has 0 saturated carbocycles. The molecule has 0 bridgehead atoms. The van der Waals surface area contributed by atoms with E-state index in [0.717, 1.165) is 0 Å². The maximum absolute atomic E-state index is 12.4. The van der Waals surface area contributed by atoms with Gasteiger partial charge in [-0.25, -0.2) is 9.97 Å². The van der Waals surface area contributed by atoms with E-state index in [9.17, 15) is 14.4 Å². The van der Waals surface area contributed by atoms with Crippen LogP contribution in [-0.2, 0) is 34.4 Å². The van der Waals surface area contributed by atoms with Crippen LogP contribution in [0.5, 0.6) is 0 Å². The Hall–Kier alpha value is -3.07. The summed E-state index contributed by atoms with van der Waals surface area (Å²) in [4.78, 5) is 46.5. The van der Waals surface area contributed by atoms with Crippen LogP contribution in [-0.4, -0.2) is 33.0 Å². The Morgan fingerprint density at radius 3 is 2.72 bits per heavy atom. The molecule has 0 atom stereocenters. The number of hydrogen-bond acceptors (Lipinski definition) is 7. The number of aromatic nitrogens is 3. The van der Waals surface area contributed by atoms with E-state index in [0.29, 0.717) is 40.5 Å². The average molecular weight is 414 g/mol. The molecule has 2 aromatic heterocycles. The van der Waals surface area contributed by atoms with Crippen LogP contribution in [0.4, 0.5) is 5.13 Å². The number of anilines is 1. The fourth-order valence-corrected chi connectivity index (χ4v) is 3.82. The minimum absolute atomic E-state index is 0.0366. The predicted molar refractivity (Wildman–Crippen MR) is 111 cm³/mol. The van der Waals surface area contributed by atoms with Crippen molar-refractivity contribution in [3.05, 3.63) is 51.5 Å². The highest BCUT2D eigenvalue weighted by Crippen LogP contribution is 2.21. The summed E-state index contributed by atoms with van der Waals surface area (Å²) in [5.74, 6) is 0.0430. The van der Waals surface area contributed by atoms with E-state index in [1.807, 2.05) is 13.0 Å². The van der Waals surface area contributed by atoms with Gasteiger partial charge in [0.25, 0.3) is 5.56 Å². The lowest BCUT2D eigenvalue weighted by Crippen LogP contribution is -2.27. The lowest BCUT2D eigenvalue weighted by molar-refractivity contribution is -0.145. The molecular formula is C20H22N4O4S. The number of para-hydroxylation sites is 1. The van der Waals surface area contributed by atoms with E-state index >= 15 is 0 Å². The van der Waals surface area contributed by atoms with Crippen LogP contribution in [0.15, 0.2) is 34.4 Å². The van der Waals surface area contributed by atoms with Gasteiger partial charge in [0.2, 0.25) is 5.91 Å². The zero-order valence-electron chi connectivity index (χ0n) is 16.5. The van der Waals surface area contributed by atoms with E-state index in [2.05, 4.69) is 9.97 Å². The molecule has 0 aliphatic carbocycles. The molecule has 9 heteroatoms. The first-order chi connectivity index (χ1) is 13.9. The quantitative estimate of drug-likeness (QED) is 0.551. The van der Waals surface area contributed by atoms with Gasteiger partial charge in [0.15, 0.2) is 5.13 Å². The molecule has 0 saturated heterocycles. The summed E-state index contributed by atoms with van der Waals surface area (Å²) in [5, 5.41) is 2.90. The third-order valence-electron chi connectivity index (χ3n) is 4.48. The number of carbonyl (C=O) groups is 2.